The van der Waals surface area contributed by atoms with Crippen LogP contribution in [0.4, 0.5) is 5.95 Å². The highest BCUT2D eigenvalue weighted by Crippen LogP contribution is 2.24. The number of hydrogen-bond acceptors (Lipinski definition) is 7. The number of nitrogens with one attached hydrogen (secondary N) is 1. The first kappa shape index (κ1) is 12.8. The molecule has 1 saturated carbocycles. The van der Waals surface area contributed by atoms with Crippen LogP contribution in [0.25, 0.3) is 0 Å². The fourth-order valence-corrected chi connectivity index (χ4v) is 1.58. The van der Waals surface area contributed by atoms with Crippen molar-refractivity contribution in [1.82, 2.24) is 19.9 Å². The smallest absolute Gasteiger partial charge is 0.324 e. The molecule has 100 valence electrons. The van der Waals surface area contributed by atoms with E-state index in [1.54, 1.807) is 7.05 Å². The van der Waals surface area contributed by atoms with Crippen LogP contribution in [0, 0.1) is 0 Å². The first-order valence-corrected chi connectivity index (χ1v) is 6.03. The van der Waals surface area contributed by atoms with Crippen molar-refractivity contribution < 1.29 is 9.47 Å². The number of aromatic nitrogens is 3. The summed E-state index contributed by atoms with van der Waals surface area (Å²) in [5.74, 6) is 0.437. The zero-order valence-corrected chi connectivity index (χ0v) is 11.0. The van der Waals surface area contributed by atoms with Crippen LogP contribution in [0.15, 0.2) is 0 Å². The van der Waals surface area contributed by atoms with E-state index in [0.29, 0.717) is 12.6 Å². The number of rotatable bonds is 7. The molecule has 1 aliphatic rings. The van der Waals surface area contributed by atoms with Crippen molar-refractivity contribution in [2.24, 2.45) is 0 Å². The molecule has 0 spiro atoms. The van der Waals surface area contributed by atoms with Gasteiger partial charge in [-0.3, -0.25) is 0 Å². The average molecular weight is 253 g/mol. The van der Waals surface area contributed by atoms with Crippen LogP contribution in [0.3, 0.4) is 0 Å². The van der Waals surface area contributed by atoms with Gasteiger partial charge in [0.05, 0.1) is 7.11 Å². The molecule has 1 aromatic heterocycles. The second-order valence-corrected chi connectivity index (χ2v) is 4.24. The van der Waals surface area contributed by atoms with Crippen LogP contribution in [0.1, 0.15) is 12.8 Å². The van der Waals surface area contributed by atoms with E-state index >= 15 is 0 Å². The summed E-state index contributed by atoms with van der Waals surface area (Å²) in [6, 6.07) is 1.27. The Morgan fingerprint density at radius 1 is 1.28 bits per heavy atom. The molecule has 0 amide bonds. The van der Waals surface area contributed by atoms with Gasteiger partial charge in [-0.15, -0.1) is 4.98 Å². The molecule has 0 unspecified atom stereocenters. The van der Waals surface area contributed by atoms with Crippen LogP contribution in [-0.2, 0) is 0 Å². The summed E-state index contributed by atoms with van der Waals surface area (Å²) < 4.78 is 10.5. The van der Waals surface area contributed by atoms with E-state index in [2.05, 4.69) is 32.2 Å². The van der Waals surface area contributed by atoms with E-state index in [1.807, 2.05) is 0 Å². The third-order valence-electron chi connectivity index (χ3n) is 2.85. The van der Waals surface area contributed by atoms with Crippen molar-refractivity contribution in [2.75, 3.05) is 39.7 Å². The summed E-state index contributed by atoms with van der Waals surface area (Å²) >= 11 is 0. The van der Waals surface area contributed by atoms with Gasteiger partial charge in [-0.1, -0.05) is 0 Å². The minimum Gasteiger partial charge on any atom is -0.467 e. The third kappa shape index (κ3) is 3.43. The highest BCUT2D eigenvalue weighted by atomic mass is 16.5. The molecule has 18 heavy (non-hydrogen) atoms. The molecule has 1 fully saturated rings. The van der Waals surface area contributed by atoms with Gasteiger partial charge < -0.3 is 19.7 Å². The van der Waals surface area contributed by atoms with Crippen LogP contribution < -0.4 is 14.8 Å². The van der Waals surface area contributed by atoms with Crippen LogP contribution in [0.2, 0.25) is 0 Å². The molecule has 1 heterocycles. The lowest BCUT2D eigenvalue weighted by atomic mass is 10.5. The quantitative estimate of drug-likeness (QED) is 0.753. The molecule has 1 aliphatic carbocycles. The minimum atomic E-state index is 0.250. The summed E-state index contributed by atoms with van der Waals surface area (Å²) in [7, 11) is 5.35. The fraction of sp³-hybridized carbons (Fsp3) is 0.727. The highest BCUT2D eigenvalue weighted by Gasteiger charge is 2.25. The van der Waals surface area contributed by atoms with Gasteiger partial charge in [0.15, 0.2) is 0 Å². The molecule has 0 radical (unpaired) electrons. The summed E-state index contributed by atoms with van der Waals surface area (Å²) in [6.45, 7) is 1.43. The van der Waals surface area contributed by atoms with Crippen LogP contribution >= 0.6 is 0 Å². The Morgan fingerprint density at radius 3 is 2.61 bits per heavy atom. The maximum atomic E-state index is 5.52. The summed E-state index contributed by atoms with van der Waals surface area (Å²) in [4.78, 5) is 14.4. The maximum absolute atomic E-state index is 5.52. The van der Waals surface area contributed by atoms with Gasteiger partial charge in [-0.05, 0) is 19.9 Å². The largest absolute Gasteiger partial charge is 0.467 e. The lowest BCUT2D eigenvalue weighted by Gasteiger charge is -2.15. The van der Waals surface area contributed by atoms with Crippen LogP contribution in [0.5, 0.6) is 12.0 Å². The molecule has 7 heteroatoms. The molecular weight excluding hydrogens is 234 g/mol. The van der Waals surface area contributed by atoms with E-state index in [0.717, 1.165) is 12.6 Å². The van der Waals surface area contributed by atoms with Gasteiger partial charge in [0, 0.05) is 19.6 Å². The maximum Gasteiger partial charge on any atom is 0.324 e. The van der Waals surface area contributed by atoms with Gasteiger partial charge in [0.25, 0.3) is 0 Å². The Kier molecular flexibility index (Phi) is 4.14. The Bertz CT molecular complexity index is 375. The van der Waals surface area contributed by atoms with Gasteiger partial charge in [0.1, 0.15) is 6.61 Å². The van der Waals surface area contributed by atoms with Crippen LogP contribution in [-0.4, -0.2) is 60.3 Å². The minimum absolute atomic E-state index is 0.250. The lowest BCUT2D eigenvalue weighted by Crippen LogP contribution is -2.26. The second kappa shape index (κ2) is 5.81. The topological polar surface area (TPSA) is 72.4 Å². The molecule has 0 aromatic carbocycles. The Balaban J connectivity index is 1.87. The highest BCUT2D eigenvalue weighted by molar-refractivity contribution is 5.26. The second-order valence-electron chi connectivity index (χ2n) is 4.24. The molecule has 1 N–H and O–H groups in total. The number of hydrogen-bond donors (Lipinski definition) is 1. The molecule has 0 atom stereocenters. The first-order valence-electron chi connectivity index (χ1n) is 6.03. The number of anilines is 1. The van der Waals surface area contributed by atoms with E-state index < -0.39 is 0 Å². The molecule has 0 saturated heterocycles. The van der Waals surface area contributed by atoms with Gasteiger partial charge in [-0.25, -0.2) is 0 Å². The van der Waals surface area contributed by atoms with E-state index in [1.165, 1.54) is 20.0 Å². The number of ether oxygens (including phenoxy) is 2. The standard InChI is InChI=1S/C11H19N5O2/c1-12-9-13-10(17-3)15-11(14-9)18-7-6-16(2)8-4-5-8/h8H,4-7H2,1-3H3,(H,12,13,14,15). The Labute approximate surface area is 107 Å². The van der Waals surface area contributed by atoms with Gasteiger partial charge in [-0.2, -0.15) is 9.97 Å². The predicted octanol–water partition coefficient (Wildman–Crippen LogP) is 0.395. The lowest BCUT2D eigenvalue weighted by molar-refractivity contribution is 0.217. The summed E-state index contributed by atoms with van der Waals surface area (Å²) in [6.07, 6.45) is 2.58. The first-order chi connectivity index (χ1) is 8.72. The van der Waals surface area contributed by atoms with E-state index in [-0.39, 0.29) is 12.0 Å². The molecule has 2 rings (SSSR count). The van der Waals surface area contributed by atoms with Crippen molar-refractivity contribution in [3.05, 3.63) is 0 Å². The summed E-state index contributed by atoms with van der Waals surface area (Å²) in [5, 5.41) is 2.84. The SMILES string of the molecule is CNc1nc(OC)nc(OCCN(C)C2CC2)n1. The number of methoxy groups -OCH3 is 1. The van der Waals surface area contributed by atoms with E-state index in [9.17, 15) is 0 Å². The normalized spacial score (nSPS) is 14.7. The van der Waals surface area contributed by atoms with Crippen molar-refractivity contribution in [1.29, 1.82) is 0 Å². The van der Waals surface area contributed by atoms with Gasteiger partial charge in [0.2, 0.25) is 5.95 Å². The molecule has 7 nitrogen and oxygen atoms in total. The molecule has 0 aliphatic heterocycles. The molecule has 0 bridgehead atoms. The average Bonchev–Trinajstić information content (AvgIpc) is 3.22. The summed E-state index contributed by atoms with van der Waals surface area (Å²) in [5.41, 5.74) is 0. The monoisotopic (exact) mass is 253 g/mol. The third-order valence-corrected chi connectivity index (χ3v) is 2.85. The van der Waals surface area contributed by atoms with E-state index in [4.69, 9.17) is 9.47 Å². The van der Waals surface area contributed by atoms with Crippen molar-refractivity contribution in [3.63, 3.8) is 0 Å². The Hall–Kier alpha value is -1.63. The predicted molar refractivity (Wildman–Crippen MR) is 67.1 cm³/mol. The zero-order chi connectivity index (χ0) is 13.0. The zero-order valence-electron chi connectivity index (χ0n) is 11.0. The fourth-order valence-electron chi connectivity index (χ4n) is 1.58. The number of nitrogens with zero attached hydrogens (tertiary/aromatic N) is 4. The van der Waals surface area contributed by atoms with Crippen molar-refractivity contribution in [2.45, 2.75) is 18.9 Å². The van der Waals surface area contributed by atoms with Crippen molar-refractivity contribution in [3.8, 4) is 12.0 Å². The molecular formula is C11H19N5O2. The Morgan fingerprint density at radius 2 is 2.00 bits per heavy atom. The van der Waals surface area contributed by atoms with Crippen molar-refractivity contribution >= 4 is 5.95 Å². The number of likely N-dealkylation sites (N-methyl/N-ethyl adjacent to an activating group) is 1. The van der Waals surface area contributed by atoms with Gasteiger partial charge >= 0.3 is 12.0 Å². The molecule has 1 aromatic rings.